The van der Waals surface area contributed by atoms with E-state index in [2.05, 4.69) is 10.2 Å². The van der Waals surface area contributed by atoms with Gasteiger partial charge in [-0.25, -0.2) is 13.5 Å². The zero-order valence-electron chi connectivity index (χ0n) is 12.9. The number of nitrogens with one attached hydrogen (secondary N) is 1. The Morgan fingerprint density at radius 3 is 2.76 bits per heavy atom. The first-order valence-corrected chi connectivity index (χ1v) is 9.72. The maximum absolute atomic E-state index is 13.1. The zero-order chi connectivity index (χ0) is 17.4. The fourth-order valence-corrected chi connectivity index (χ4v) is 5.43. The fourth-order valence-electron chi connectivity index (χ4n) is 2.58. The molecular weight excluding hydrogens is 362 g/mol. The monoisotopic (exact) mass is 375 g/mol. The number of nitrogens with zero attached hydrogens (tertiary/aromatic N) is 2. The van der Waals surface area contributed by atoms with Crippen molar-refractivity contribution in [3.05, 3.63) is 58.9 Å². The van der Waals surface area contributed by atoms with Crippen molar-refractivity contribution in [3.63, 3.8) is 0 Å². The Morgan fingerprint density at radius 2 is 1.96 bits per heavy atom. The van der Waals surface area contributed by atoms with Gasteiger partial charge in [-0.1, -0.05) is 12.1 Å². The van der Waals surface area contributed by atoms with Gasteiger partial charge in [0.05, 0.1) is 17.1 Å². The molecule has 0 unspecified atom stereocenters. The van der Waals surface area contributed by atoms with Crippen LogP contribution in [0.2, 0.25) is 0 Å². The van der Waals surface area contributed by atoms with Crippen LogP contribution in [0.1, 0.15) is 0 Å². The third-order valence-electron chi connectivity index (χ3n) is 3.74. The predicted molar refractivity (Wildman–Crippen MR) is 94.6 cm³/mol. The van der Waals surface area contributed by atoms with Gasteiger partial charge in [0.25, 0.3) is 15.6 Å². The Kier molecular flexibility index (Phi) is 3.81. The van der Waals surface area contributed by atoms with Gasteiger partial charge in [0, 0.05) is 6.07 Å². The van der Waals surface area contributed by atoms with Crippen LogP contribution in [0.25, 0.3) is 10.6 Å². The molecule has 3 aromatic rings. The average Bonchev–Trinajstić information content (AvgIpc) is 3.13. The highest BCUT2D eigenvalue weighted by molar-refractivity contribution is 7.94. The number of anilines is 1. The molecule has 0 atom stereocenters. The van der Waals surface area contributed by atoms with Crippen LogP contribution in [-0.4, -0.2) is 31.8 Å². The summed E-state index contributed by atoms with van der Waals surface area (Å²) < 4.78 is 33.2. The first-order chi connectivity index (χ1) is 12.1. The van der Waals surface area contributed by atoms with Gasteiger partial charge in [0.15, 0.2) is 0 Å². The van der Waals surface area contributed by atoms with Crippen molar-refractivity contribution in [2.75, 3.05) is 17.5 Å². The molecule has 1 N–H and O–H groups in total. The Balaban J connectivity index is 1.73. The van der Waals surface area contributed by atoms with Crippen molar-refractivity contribution in [2.24, 2.45) is 0 Å². The molecule has 0 saturated carbocycles. The van der Waals surface area contributed by atoms with E-state index < -0.39 is 10.0 Å². The smallest absolute Gasteiger partial charge is 0.274 e. The first-order valence-electron chi connectivity index (χ1n) is 7.46. The van der Waals surface area contributed by atoms with Crippen molar-refractivity contribution < 1.29 is 13.2 Å². The van der Waals surface area contributed by atoms with E-state index in [0.717, 1.165) is 11.3 Å². The third kappa shape index (κ3) is 2.81. The Morgan fingerprint density at radius 1 is 1.12 bits per heavy atom. The van der Waals surface area contributed by atoms with Gasteiger partial charge in [-0.3, -0.25) is 9.10 Å². The minimum atomic E-state index is -3.70. The summed E-state index contributed by atoms with van der Waals surface area (Å²) in [5.41, 5.74) is 0.748. The molecule has 1 aromatic carbocycles. The fraction of sp³-hybridized carbons (Fsp3) is 0.125. The number of rotatable bonds is 3. The molecule has 4 rings (SSSR count). The molecule has 1 aliphatic rings. The Labute approximate surface area is 147 Å². The van der Waals surface area contributed by atoms with E-state index in [0.29, 0.717) is 28.6 Å². The molecule has 1 aliphatic heterocycles. The third-order valence-corrected chi connectivity index (χ3v) is 7.13. The second-order valence-corrected chi connectivity index (χ2v) is 8.49. The highest BCUT2D eigenvalue weighted by atomic mass is 32.2. The molecular formula is C16H13N3O4S2. The van der Waals surface area contributed by atoms with E-state index in [1.54, 1.807) is 42.5 Å². The van der Waals surface area contributed by atoms with E-state index in [-0.39, 0.29) is 16.3 Å². The van der Waals surface area contributed by atoms with Crippen molar-refractivity contribution in [1.29, 1.82) is 0 Å². The second-order valence-electron chi connectivity index (χ2n) is 5.32. The molecule has 2 aromatic heterocycles. The number of fused-ring (bicyclic) bond motifs is 1. The normalized spacial score (nSPS) is 14.0. The van der Waals surface area contributed by atoms with E-state index in [4.69, 9.17) is 4.74 Å². The number of H-pyrrole nitrogens is 1. The van der Waals surface area contributed by atoms with Gasteiger partial charge in [0.1, 0.15) is 22.3 Å². The lowest BCUT2D eigenvalue weighted by molar-refractivity contribution is 0.316. The average molecular weight is 375 g/mol. The van der Waals surface area contributed by atoms with Gasteiger partial charge in [-0.2, -0.15) is 5.10 Å². The van der Waals surface area contributed by atoms with Gasteiger partial charge < -0.3 is 4.74 Å². The second kappa shape index (κ2) is 6.01. The molecule has 0 aliphatic carbocycles. The molecule has 3 heterocycles. The number of benzene rings is 1. The van der Waals surface area contributed by atoms with Crippen LogP contribution >= 0.6 is 11.3 Å². The summed E-state index contributed by atoms with van der Waals surface area (Å²) in [5.74, 6) is 0.552. The van der Waals surface area contributed by atoms with Crippen LogP contribution in [0.3, 0.4) is 0 Å². The molecule has 0 bridgehead atoms. The SMILES string of the molecule is O=c1ccc(-c2ccc(S(=O)(=O)N3CCOc4ccccc43)s2)n[nH]1. The summed E-state index contributed by atoms with van der Waals surface area (Å²) >= 11 is 1.11. The van der Waals surface area contributed by atoms with Crippen LogP contribution in [-0.2, 0) is 10.0 Å². The number of para-hydroxylation sites is 2. The highest BCUT2D eigenvalue weighted by Gasteiger charge is 2.31. The molecule has 0 spiro atoms. The highest BCUT2D eigenvalue weighted by Crippen LogP contribution is 2.37. The molecule has 128 valence electrons. The standard InChI is InChI=1S/C16H13N3O4S2/c20-15-7-5-11(17-18-15)14-6-8-16(24-14)25(21,22)19-9-10-23-13-4-2-1-3-12(13)19/h1-8H,9-10H2,(H,18,20). The number of aromatic amines is 1. The quantitative estimate of drug-likeness (QED) is 0.757. The van der Waals surface area contributed by atoms with Gasteiger partial charge in [-0.15, -0.1) is 11.3 Å². The van der Waals surface area contributed by atoms with Crippen LogP contribution in [0, 0.1) is 0 Å². The topological polar surface area (TPSA) is 92.4 Å². The van der Waals surface area contributed by atoms with E-state index >= 15 is 0 Å². The van der Waals surface area contributed by atoms with Crippen LogP contribution in [0.4, 0.5) is 5.69 Å². The molecule has 0 fully saturated rings. The molecule has 9 heteroatoms. The lowest BCUT2D eigenvalue weighted by atomic mass is 10.2. The van der Waals surface area contributed by atoms with E-state index in [1.165, 1.54) is 10.4 Å². The van der Waals surface area contributed by atoms with Crippen LogP contribution in [0.15, 0.2) is 57.5 Å². The lowest BCUT2D eigenvalue weighted by Gasteiger charge is -2.29. The van der Waals surface area contributed by atoms with Crippen molar-refractivity contribution in [2.45, 2.75) is 4.21 Å². The van der Waals surface area contributed by atoms with E-state index in [1.807, 2.05) is 0 Å². The van der Waals surface area contributed by atoms with Crippen molar-refractivity contribution >= 4 is 27.0 Å². The summed E-state index contributed by atoms with van der Waals surface area (Å²) in [6, 6.07) is 13.2. The largest absolute Gasteiger partial charge is 0.489 e. The van der Waals surface area contributed by atoms with Crippen molar-refractivity contribution in [3.8, 4) is 16.3 Å². The summed E-state index contributed by atoms with van der Waals surface area (Å²) in [6.07, 6.45) is 0. The number of hydrogen-bond donors (Lipinski definition) is 1. The first kappa shape index (κ1) is 15.9. The maximum atomic E-state index is 13.1. The number of thiophene rings is 1. The van der Waals surface area contributed by atoms with Crippen LogP contribution < -0.4 is 14.6 Å². The Hall–Kier alpha value is -2.65. The minimum Gasteiger partial charge on any atom is -0.489 e. The lowest BCUT2D eigenvalue weighted by Crippen LogP contribution is -2.37. The number of sulfonamides is 1. The summed E-state index contributed by atoms with van der Waals surface area (Å²) in [6.45, 7) is 0.555. The van der Waals surface area contributed by atoms with E-state index in [9.17, 15) is 13.2 Å². The maximum Gasteiger partial charge on any atom is 0.274 e. The van der Waals surface area contributed by atoms with Gasteiger partial charge >= 0.3 is 0 Å². The minimum absolute atomic E-state index is 0.215. The number of hydrogen-bond acceptors (Lipinski definition) is 6. The molecule has 25 heavy (non-hydrogen) atoms. The molecule has 0 saturated heterocycles. The van der Waals surface area contributed by atoms with Gasteiger partial charge in [0.2, 0.25) is 0 Å². The Bertz CT molecular complexity index is 1070. The van der Waals surface area contributed by atoms with Crippen molar-refractivity contribution in [1.82, 2.24) is 10.2 Å². The molecule has 0 amide bonds. The summed E-state index contributed by atoms with van der Waals surface area (Å²) in [7, 11) is -3.70. The van der Waals surface area contributed by atoms with Gasteiger partial charge in [-0.05, 0) is 30.3 Å². The number of ether oxygens (including phenoxy) is 1. The summed E-state index contributed by atoms with van der Waals surface area (Å²) in [4.78, 5) is 11.8. The predicted octanol–water partition coefficient (Wildman–Crippen LogP) is 2.09. The van der Waals surface area contributed by atoms with Crippen LogP contribution in [0.5, 0.6) is 5.75 Å². The summed E-state index contributed by atoms with van der Waals surface area (Å²) in [5, 5.41) is 6.28. The number of aromatic nitrogens is 2. The molecule has 7 nitrogen and oxygen atoms in total. The molecule has 0 radical (unpaired) electrons. The zero-order valence-corrected chi connectivity index (χ0v) is 14.5.